The smallest absolute Gasteiger partial charge is 0.470 e. The summed E-state index contributed by atoms with van der Waals surface area (Å²) in [6.07, 6.45) is 4.51. The van der Waals surface area contributed by atoms with Gasteiger partial charge in [-0.15, -0.1) is 4.98 Å². The lowest BCUT2D eigenvalue weighted by atomic mass is 9.90. The third-order valence-electron chi connectivity index (χ3n) is 6.56. The van der Waals surface area contributed by atoms with E-state index in [0.717, 1.165) is 37.9 Å². The first kappa shape index (κ1) is 24.5. The third kappa shape index (κ3) is 5.54. The van der Waals surface area contributed by atoms with E-state index in [1.807, 2.05) is 4.90 Å². The molecule has 2 amide bonds. The maximum absolute atomic E-state index is 12.7. The molecule has 0 aliphatic carbocycles. The summed E-state index contributed by atoms with van der Waals surface area (Å²) < 4.78 is 5.35. The lowest BCUT2D eigenvalue weighted by Gasteiger charge is -2.36. The van der Waals surface area contributed by atoms with Gasteiger partial charge in [0.2, 0.25) is 11.8 Å². The molecule has 34 heavy (non-hydrogen) atoms. The van der Waals surface area contributed by atoms with Crippen molar-refractivity contribution < 1.29 is 19.4 Å². The van der Waals surface area contributed by atoms with E-state index in [4.69, 9.17) is 33.0 Å². The van der Waals surface area contributed by atoms with Gasteiger partial charge in [0.05, 0.1) is 23.7 Å². The quantitative estimate of drug-likeness (QED) is 0.599. The zero-order chi connectivity index (χ0) is 24.2. The van der Waals surface area contributed by atoms with Crippen LogP contribution < -0.4 is 10.1 Å². The molecule has 4 rings (SSSR count). The zero-order valence-corrected chi connectivity index (χ0v) is 20.4. The van der Waals surface area contributed by atoms with Gasteiger partial charge in [-0.25, -0.2) is 0 Å². The van der Waals surface area contributed by atoms with E-state index >= 15 is 0 Å². The highest BCUT2D eigenvalue weighted by atomic mass is 35.5. The van der Waals surface area contributed by atoms with Gasteiger partial charge in [-0.1, -0.05) is 23.2 Å². The van der Waals surface area contributed by atoms with Crippen molar-refractivity contribution in [2.45, 2.75) is 31.2 Å². The van der Waals surface area contributed by atoms with E-state index < -0.39 is 0 Å². The normalized spacial score (nSPS) is 19.3. The first-order chi connectivity index (χ1) is 16.4. The predicted octanol–water partition coefficient (Wildman–Crippen LogP) is 2.44. The Hall–Kier alpha value is -2.62. The van der Waals surface area contributed by atoms with E-state index in [-0.39, 0.29) is 24.4 Å². The highest BCUT2D eigenvalue weighted by Gasteiger charge is 2.33. The molecule has 1 aromatic heterocycles. The van der Waals surface area contributed by atoms with Crippen LogP contribution in [0.25, 0.3) is 0 Å². The number of likely N-dealkylation sites (tertiary alicyclic amines) is 2. The molecule has 3 N–H and O–H groups in total. The number of hydrogen-bond acceptors (Lipinski definition) is 6. The summed E-state index contributed by atoms with van der Waals surface area (Å²) in [7, 11) is 1.57. The maximum atomic E-state index is 12.7. The van der Waals surface area contributed by atoms with E-state index in [1.165, 1.54) is 6.07 Å². The SMILES string of the molecule is COc1nc([OH2+])ncc1C1CCN(C2CCN(C(=O)CNC(=O)c3ccc(Cl)c(Cl)c3)C2)CC1. The van der Waals surface area contributed by atoms with Gasteiger partial charge in [-0.2, -0.15) is 4.98 Å². The average Bonchev–Trinajstić information content (AvgIpc) is 3.34. The van der Waals surface area contributed by atoms with Crippen LogP contribution in [0.1, 0.15) is 41.1 Å². The van der Waals surface area contributed by atoms with Crippen molar-refractivity contribution in [3.05, 3.63) is 45.6 Å². The summed E-state index contributed by atoms with van der Waals surface area (Å²) in [4.78, 5) is 37.4. The molecule has 2 aromatic rings. The van der Waals surface area contributed by atoms with E-state index in [9.17, 15) is 9.59 Å². The fourth-order valence-corrected chi connectivity index (χ4v) is 4.97. The topological polar surface area (TPSA) is 111 Å². The lowest BCUT2D eigenvalue weighted by Crippen LogP contribution is -2.44. The number of piperidine rings is 1. The van der Waals surface area contributed by atoms with Crippen molar-refractivity contribution in [3.8, 4) is 11.9 Å². The summed E-state index contributed by atoms with van der Waals surface area (Å²) in [6, 6.07) is 4.89. The van der Waals surface area contributed by atoms with Crippen molar-refractivity contribution in [1.29, 1.82) is 0 Å². The van der Waals surface area contributed by atoms with Gasteiger partial charge in [0.15, 0.2) is 0 Å². The predicted molar refractivity (Wildman–Crippen MR) is 129 cm³/mol. The Morgan fingerprint density at radius 3 is 2.65 bits per heavy atom. The molecule has 2 aliphatic rings. The van der Waals surface area contributed by atoms with Crippen molar-refractivity contribution in [3.63, 3.8) is 0 Å². The number of nitrogens with one attached hydrogen (secondary N) is 1. The summed E-state index contributed by atoms with van der Waals surface area (Å²) in [5.74, 6) is 0.326. The summed E-state index contributed by atoms with van der Waals surface area (Å²) in [5.41, 5.74) is 1.32. The monoisotopic (exact) mass is 508 g/mol. The Kier molecular flexibility index (Phi) is 7.75. The van der Waals surface area contributed by atoms with Gasteiger partial charge in [0, 0.05) is 36.5 Å². The van der Waals surface area contributed by atoms with Crippen molar-refractivity contribution in [2.75, 3.05) is 39.8 Å². The molecule has 1 atom stereocenters. The van der Waals surface area contributed by atoms with Gasteiger partial charge >= 0.3 is 6.01 Å². The molecule has 0 spiro atoms. The number of hydrogen-bond donors (Lipinski definition) is 1. The van der Waals surface area contributed by atoms with Crippen molar-refractivity contribution in [2.24, 2.45) is 0 Å². The van der Waals surface area contributed by atoms with Crippen LogP contribution in [0, 0.1) is 0 Å². The summed E-state index contributed by atoms with van der Waals surface area (Å²) in [5, 5.41) is 10.9. The Morgan fingerprint density at radius 1 is 1.18 bits per heavy atom. The van der Waals surface area contributed by atoms with Crippen LogP contribution in [0.2, 0.25) is 10.0 Å². The minimum atomic E-state index is -0.359. The number of ether oxygens (including phenoxy) is 1. The first-order valence-electron chi connectivity index (χ1n) is 11.2. The molecule has 0 saturated carbocycles. The number of methoxy groups -OCH3 is 1. The number of nitrogens with zero attached hydrogens (tertiary/aromatic N) is 4. The molecule has 2 fully saturated rings. The molecule has 0 bridgehead atoms. The van der Waals surface area contributed by atoms with Crippen LogP contribution >= 0.6 is 23.2 Å². The summed E-state index contributed by atoms with van der Waals surface area (Å²) >= 11 is 11.9. The van der Waals surface area contributed by atoms with Crippen molar-refractivity contribution >= 4 is 35.0 Å². The van der Waals surface area contributed by atoms with Crippen molar-refractivity contribution in [1.82, 2.24) is 25.1 Å². The van der Waals surface area contributed by atoms with E-state index in [1.54, 1.807) is 25.4 Å². The number of carbonyl (C=O) groups excluding carboxylic acids is 2. The molecule has 1 unspecified atom stereocenters. The zero-order valence-electron chi connectivity index (χ0n) is 18.9. The Morgan fingerprint density at radius 2 is 1.94 bits per heavy atom. The minimum Gasteiger partial charge on any atom is -0.563 e. The number of carbonyl (C=O) groups is 2. The first-order valence-corrected chi connectivity index (χ1v) is 12.0. The van der Waals surface area contributed by atoms with Crippen LogP contribution in [-0.2, 0) is 4.79 Å². The fourth-order valence-electron chi connectivity index (χ4n) is 4.67. The Labute approximate surface area is 208 Å². The Balaban J connectivity index is 1.25. The van der Waals surface area contributed by atoms with Gasteiger partial charge in [-0.05, 0) is 56.5 Å². The molecule has 2 saturated heterocycles. The largest absolute Gasteiger partial charge is 0.563 e. The second kappa shape index (κ2) is 10.8. The molecular formula is C23H28Cl2N5O4+. The van der Waals surface area contributed by atoms with Gasteiger partial charge in [-0.3, -0.25) is 14.5 Å². The average molecular weight is 509 g/mol. The minimum absolute atomic E-state index is 0.0399. The van der Waals surface area contributed by atoms with Crippen LogP contribution in [0.15, 0.2) is 24.4 Å². The molecule has 0 radical (unpaired) electrons. The van der Waals surface area contributed by atoms with Crippen LogP contribution in [0.4, 0.5) is 0 Å². The standard InChI is InChI=1S/C23H27Cl2N5O4/c1-34-22-17(11-27-23(33)28-22)14-4-7-29(8-5-14)16-6-9-30(13-16)20(31)12-26-21(32)15-2-3-18(24)19(25)10-15/h2-3,10-11,14,16H,4-9,12-13H2,1H3,(H,26,32)(H,27,28,33)/p+1. The molecule has 1 aromatic carbocycles. The third-order valence-corrected chi connectivity index (χ3v) is 7.30. The number of aromatic nitrogens is 2. The van der Waals surface area contributed by atoms with Gasteiger partial charge in [0.1, 0.15) is 0 Å². The maximum Gasteiger partial charge on any atom is 0.470 e. The molecular weight excluding hydrogens is 481 g/mol. The van der Waals surface area contributed by atoms with E-state index in [0.29, 0.717) is 46.5 Å². The number of halogens is 2. The van der Waals surface area contributed by atoms with Gasteiger partial charge < -0.3 is 20.1 Å². The lowest BCUT2D eigenvalue weighted by molar-refractivity contribution is -0.129. The number of rotatable bonds is 6. The second-order valence-corrected chi connectivity index (χ2v) is 9.38. The second-order valence-electron chi connectivity index (χ2n) is 8.56. The van der Waals surface area contributed by atoms with E-state index in [2.05, 4.69) is 20.2 Å². The molecule has 2 aliphatic heterocycles. The van der Waals surface area contributed by atoms with Crippen LogP contribution in [-0.4, -0.2) is 82.6 Å². The molecule has 182 valence electrons. The highest BCUT2D eigenvalue weighted by molar-refractivity contribution is 6.42. The Bertz CT molecular complexity index is 1060. The number of amides is 2. The molecule has 9 nitrogen and oxygen atoms in total. The fraction of sp³-hybridized carbons (Fsp3) is 0.478. The molecule has 3 heterocycles. The number of benzene rings is 1. The highest BCUT2D eigenvalue weighted by Crippen LogP contribution is 2.34. The summed E-state index contributed by atoms with van der Waals surface area (Å²) in [6.45, 7) is 3.11. The van der Waals surface area contributed by atoms with Gasteiger partial charge in [0.25, 0.3) is 5.91 Å². The van der Waals surface area contributed by atoms with Crippen LogP contribution in [0.3, 0.4) is 0 Å². The van der Waals surface area contributed by atoms with Crippen LogP contribution in [0.5, 0.6) is 11.9 Å². The molecule has 11 heteroatoms.